The first-order valence-corrected chi connectivity index (χ1v) is 9.30. The molecule has 1 saturated heterocycles. The van der Waals surface area contributed by atoms with E-state index in [-0.39, 0.29) is 30.0 Å². The van der Waals surface area contributed by atoms with Gasteiger partial charge in [-0.1, -0.05) is 18.2 Å². The molecule has 1 atom stereocenters. The number of aromatic nitrogens is 1. The summed E-state index contributed by atoms with van der Waals surface area (Å²) in [7, 11) is 0. The molecule has 27 heavy (non-hydrogen) atoms. The molecule has 1 fully saturated rings. The molecule has 5 nitrogen and oxygen atoms in total. The third-order valence-electron chi connectivity index (χ3n) is 4.81. The van der Waals surface area contributed by atoms with Crippen LogP contribution in [0.1, 0.15) is 28.9 Å². The molecule has 0 radical (unpaired) electrons. The first kappa shape index (κ1) is 19.2. The third-order valence-corrected chi connectivity index (χ3v) is 4.81. The highest BCUT2D eigenvalue weighted by molar-refractivity contribution is 5.96. The normalized spacial score (nSPS) is 17.4. The number of pyridine rings is 1. The standard InChI is InChI=1S/C21H24FN3O2/c22-18-8-6-16(7-9-18)10-12-24-20(26)15-25-13-3-4-17(14-25)21(27)19-5-1-2-11-23-19/h1-2,5-9,11,17H,3-4,10,12-15H2,(H,24,26). The van der Waals surface area contributed by atoms with Gasteiger partial charge >= 0.3 is 0 Å². The molecule has 3 rings (SSSR count). The molecular formula is C21H24FN3O2. The average molecular weight is 369 g/mol. The number of rotatable bonds is 7. The smallest absolute Gasteiger partial charge is 0.234 e. The van der Waals surface area contributed by atoms with Crippen LogP contribution in [0.15, 0.2) is 48.7 Å². The molecule has 0 bridgehead atoms. The molecule has 1 unspecified atom stereocenters. The van der Waals surface area contributed by atoms with Crippen LogP contribution in [0.5, 0.6) is 0 Å². The summed E-state index contributed by atoms with van der Waals surface area (Å²) in [4.78, 5) is 30.9. The van der Waals surface area contributed by atoms with Crippen molar-refractivity contribution in [3.05, 3.63) is 65.7 Å². The maximum atomic E-state index is 12.9. The van der Waals surface area contributed by atoms with Crippen molar-refractivity contribution in [3.8, 4) is 0 Å². The number of carbonyl (C=O) groups excluding carboxylic acids is 2. The van der Waals surface area contributed by atoms with Crippen molar-refractivity contribution in [2.75, 3.05) is 26.2 Å². The third kappa shape index (κ3) is 5.69. The van der Waals surface area contributed by atoms with Gasteiger partial charge in [0, 0.05) is 25.2 Å². The zero-order chi connectivity index (χ0) is 19.1. The van der Waals surface area contributed by atoms with E-state index < -0.39 is 0 Å². The van der Waals surface area contributed by atoms with E-state index in [4.69, 9.17) is 0 Å². The largest absolute Gasteiger partial charge is 0.355 e. The Labute approximate surface area is 158 Å². The number of carbonyl (C=O) groups is 2. The number of likely N-dealkylation sites (tertiary alicyclic amines) is 1. The Morgan fingerprint density at radius 1 is 1.19 bits per heavy atom. The fourth-order valence-electron chi connectivity index (χ4n) is 3.39. The molecular weight excluding hydrogens is 345 g/mol. The van der Waals surface area contributed by atoms with Crippen LogP contribution in [-0.4, -0.2) is 47.8 Å². The van der Waals surface area contributed by atoms with Crippen LogP contribution in [0, 0.1) is 11.7 Å². The number of halogens is 1. The van der Waals surface area contributed by atoms with Crippen molar-refractivity contribution < 1.29 is 14.0 Å². The van der Waals surface area contributed by atoms with E-state index in [0.29, 0.717) is 25.2 Å². The molecule has 142 valence electrons. The van der Waals surface area contributed by atoms with Crippen molar-refractivity contribution in [3.63, 3.8) is 0 Å². The molecule has 2 aromatic rings. The fourth-order valence-corrected chi connectivity index (χ4v) is 3.39. The van der Waals surface area contributed by atoms with Gasteiger partial charge < -0.3 is 5.32 Å². The van der Waals surface area contributed by atoms with Crippen LogP contribution in [0.25, 0.3) is 0 Å². The number of nitrogens with zero attached hydrogens (tertiary/aromatic N) is 2. The van der Waals surface area contributed by atoms with E-state index in [0.717, 1.165) is 24.9 Å². The summed E-state index contributed by atoms with van der Waals surface area (Å²) in [6.45, 7) is 2.20. The van der Waals surface area contributed by atoms with Crippen LogP contribution in [0.3, 0.4) is 0 Å². The number of hydrogen-bond donors (Lipinski definition) is 1. The Hall–Kier alpha value is -2.60. The topological polar surface area (TPSA) is 62.3 Å². The van der Waals surface area contributed by atoms with E-state index in [1.807, 2.05) is 11.0 Å². The lowest BCUT2D eigenvalue weighted by Crippen LogP contribution is -2.44. The summed E-state index contributed by atoms with van der Waals surface area (Å²) in [6.07, 6.45) is 4.01. The van der Waals surface area contributed by atoms with Gasteiger partial charge in [0.15, 0.2) is 5.78 Å². The number of nitrogens with one attached hydrogen (secondary N) is 1. The summed E-state index contributed by atoms with van der Waals surface area (Å²) < 4.78 is 12.9. The number of amides is 1. The maximum absolute atomic E-state index is 12.9. The van der Waals surface area contributed by atoms with Crippen LogP contribution in [0.2, 0.25) is 0 Å². The second-order valence-electron chi connectivity index (χ2n) is 6.88. The second-order valence-corrected chi connectivity index (χ2v) is 6.88. The van der Waals surface area contributed by atoms with Crippen molar-refractivity contribution in [1.82, 2.24) is 15.2 Å². The predicted octanol–water partition coefficient (Wildman–Crippen LogP) is 2.47. The summed E-state index contributed by atoms with van der Waals surface area (Å²) in [5.41, 5.74) is 1.48. The highest BCUT2D eigenvalue weighted by Crippen LogP contribution is 2.20. The minimum atomic E-state index is -0.261. The van der Waals surface area contributed by atoms with Gasteiger partial charge in [-0.3, -0.25) is 19.5 Å². The molecule has 1 aliphatic heterocycles. The van der Waals surface area contributed by atoms with Crippen molar-refractivity contribution in [2.24, 2.45) is 5.92 Å². The monoisotopic (exact) mass is 369 g/mol. The van der Waals surface area contributed by atoms with Crippen molar-refractivity contribution in [1.29, 1.82) is 0 Å². The molecule has 1 aromatic heterocycles. The van der Waals surface area contributed by atoms with Gasteiger partial charge in [-0.2, -0.15) is 0 Å². The average Bonchev–Trinajstić information content (AvgIpc) is 2.70. The Bertz CT molecular complexity index is 765. The van der Waals surface area contributed by atoms with Gasteiger partial charge in [0.1, 0.15) is 11.5 Å². The van der Waals surface area contributed by atoms with Crippen molar-refractivity contribution >= 4 is 11.7 Å². The van der Waals surface area contributed by atoms with Gasteiger partial charge in [0.2, 0.25) is 5.91 Å². The highest BCUT2D eigenvalue weighted by atomic mass is 19.1. The Morgan fingerprint density at radius 3 is 2.74 bits per heavy atom. The summed E-state index contributed by atoms with van der Waals surface area (Å²) in [5, 5.41) is 2.90. The molecule has 1 aromatic carbocycles. The van der Waals surface area contributed by atoms with E-state index in [1.165, 1.54) is 12.1 Å². The number of hydrogen-bond acceptors (Lipinski definition) is 4. The lowest BCUT2D eigenvalue weighted by Gasteiger charge is -2.31. The van der Waals surface area contributed by atoms with Gasteiger partial charge in [-0.25, -0.2) is 4.39 Å². The molecule has 6 heteroatoms. The summed E-state index contributed by atoms with van der Waals surface area (Å²) in [6, 6.07) is 11.6. The fraction of sp³-hybridized carbons (Fsp3) is 0.381. The van der Waals surface area contributed by atoms with Crippen LogP contribution in [-0.2, 0) is 11.2 Å². The molecule has 0 spiro atoms. The maximum Gasteiger partial charge on any atom is 0.234 e. The molecule has 0 aliphatic carbocycles. The van der Waals surface area contributed by atoms with Gasteiger partial charge in [-0.15, -0.1) is 0 Å². The lowest BCUT2D eigenvalue weighted by molar-refractivity contribution is -0.122. The van der Waals surface area contributed by atoms with Crippen molar-refractivity contribution in [2.45, 2.75) is 19.3 Å². The van der Waals surface area contributed by atoms with E-state index in [2.05, 4.69) is 10.3 Å². The summed E-state index contributed by atoms with van der Waals surface area (Å²) in [5.74, 6) is -0.372. The zero-order valence-corrected chi connectivity index (χ0v) is 15.2. The van der Waals surface area contributed by atoms with E-state index in [9.17, 15) is 14.0 Å². The van der Waals surface area contributed by atoms with E-state index >= 15 is 0 Å². The van der Waals surface area contributed by atoms with Crippen LogP contribution in [0.4, 0.5) is 4.39 Å². The first-order valence-electron chi connectivity index (χ1n) is 9.30. The van der Waals surface area contributed by atoms with Gasteiger partial charge in [0.25, 0.3) is 0 Å². The van der Waals surface area contributed by atoms with Gasteiger partial charge in [-0.05, 0) is 55.6 Å². The quantitative estimate of drug-likeness (QED) is 0.762. The van der Waals surface area contributed by atoms with Crippen LogP contribution >= 0.6 is 0 Å². The highest BCUT2D eigenvalue weighted by Gasteiger charge is 2.28. The number of ketones is 1. The van der Waals surface area contributed by atoms with E-state index in [1.54, 1.807) is 30.5 Å². The Kier molecular flexibility index (Phi) is 6.65. The Balaban J connectivity index is 1.43. The molecule has 0 saturated carbocycles. The number of Topliss-reactive ketones (excluding diaryl/α,β-unsaturated/α-hetero) is 1. The second kappa shape index (κ2) is 9.37. The predicted molar refractivity (Wildman–Crippen MR) is 101 cm³/mol. The summed E-state index contributed by atoms with van der Waals surface area (Å²) >= 11 is 0. The minimum absolute atomic E-state index is 0.0527. The number of benzene rings is 1. The minimum Gasteiger partial charge on any atom is -0.355 e. The molecule has 1 aliphatic rings. The lowest BCUT2D eigenvalue weighted by atomic mass is 9.92. The van der Waals surface area contributed by atoms with Gasteiger partial charge in [0.05, 0.1) is 6.54 Å². The first-order chi connectivity index (χ1) is 13.1. The number of piperidine rings is 1. The Morgan fingerprint density at radius 2 is 2.00 bits per heavy atom. The molecule has 1 amide bonds. The SMILES string of the molecule is O=C(CN1CCCC(C(=O)c2ccccn2)C1)NCCc1ccc(F)cc1. The molecule has 1 N–H and O–H groups in total. The molecule has 2 heterocycles. The zero-order valence-electron chi connectivity index (χ0n) is 15.2. The van der Waals surface area contributed by atoms with Crippen LogP contribution < -0.4 is 5.32 Å².